The van der Waals surface area contributed by atoms with Gasteiger partial charge in [-0.1, -0.05) is 6.08 Å². The van der Waals surface area contributed by atoms with E-state index in [2.05, 4.69) is 16.6 Å². The Morgan fingerprint density at radius 2 is 2.27 bits per heavy atom. The molecule has 0 aromatic heterocycles. The smallest absolute Gasteiger partial charge is 0.325 e. The largest absolute Gasteiger partial charge is 0.468 e. The van der Waals surface area contributed by atoms with E-state index in [1.807, 2.05) is 0 Å². The Balaban J connectivity index is 3.91. The molecular weight excluding hydrogens is 194 g/mol. The van der Waals surface area contributed by atoms with Gasteiger partial charge in [-0.25, -0.2) is 0 Å². The summed E-state index contributed by atoms with van der Waals surface area (Å²) in [6.07, 6.45) is 2.70. The molecule has 1 atom stereocenters. The van der Waals surface area contributed by atoms with Gasteiger partial charge in [0.1, 0.15) is 5.54 Å². The first-order valence-corrected chi connectivity index (χ1v) is 5.06. The van der Waals surface area contributed by atoms with Crippen molar-refractivity contribution in [2.24, 2.45) is 0 Å². The minimum absolute atomic E-state index is 0.335. The van der Waals surface area contributed by atoms with Gasteiger partial charge in [-0.2, -0.15) is 0 Å². The lowest BCUT2D eigenvalue weighted by molar-refractivity contribution is -0.147. The molecule has 15 heavy (non-hydrogen) atoms. The second-order valence-corrected chi connectivity index (χ2v) is 4.02. The molecule has 2 N–H and O–H groups in total. The number of ether oxygens (including phenoxy) is 1. The molecule has 0 saturated carbocycles. The van der Waals surface area contributed by atoms with Crippen molar-refractivity contribution in [1.82, 2.24) is 5.32 Å². The van der Waals surface area contributed by atoms with Gasteiger partial charge in [0.25, 0.3) is 0 Å². The van der Waals surface area contributed by atoms with E-state index in [1.54, 1.807) is 19.9 Å². The van der Waals surface area contributed by atoms with Crippen molar-refractivity contribution in [3.05, 3.63) is 12.7 Å². The van der Waals surface area contributed by atoms with E-state index in [-0.39, 0.29) is 5.97 Å². The number of β-amino-alcohol motifs (C(OH)–C–C–N with tert-alkyl or cyclic N) is 1. The number of nitrogens with one attached hydrogen (secondary N) is 1. The highest BCUT2D eigenvalue weighted by Crippen LogP contribution is 2.05. The Morgan fingerprint density at radius 1 is 1.67 bits per heavy atom. The quantitative estimate of drug-likeness (QED) is 0.488. The molecule has 0 radical (unpaired) electrons. The summed E-state index contributed by atoms with van der Waals surface area (Å²) < 4.78 is 4.63. The van der Waals surface area contributed by atoms with Gasteiger partial charge in [-0.15, -0.1) is 6.58 Å². The van der Waals surface area contributed by atoms with Gasteiger partial charge in [0.2, 0.25) is 0 Å². The lowest BCUT2D eigenvalue weighted by Crippen LogP contribution is -2.50. The van der Waals surface area contributed by atoms with Gasteiger partial charge in [-0.05, 0) is 26.7 Å². The van der Waals surface area contributed by atoms with E-state index in [0.29, 0.717) is 13.0 Å². The van der Waals surface area contributed by atoms with Crippen molar-refractivity contribution in [2.75, 3.05) is 13.7 Å². The number of methoxy groups -OCH3 is 1. The molecule has 0 amide bonds. The van der Waals surface area contributed by atoms with Crippen LogP contribution in [0.1, 0.15) is 26.7 Å². The number of aliphatic hydroxyl groups excluding tert-OH is 1. The van der Waals surface area contributed by atoms with Crippen LogP contribution in [0.25, 0.3) is 0 Å². The Labute approximate surface area is 91.3 Å². The van der Waals surface area contributed by atoms with Crippen molar-refractivity contribution in [3.8, 4) is 0 Å². The fraction of sp³-hybridized carbons (Fsp3) is 0.727. The van der Waals surface area contributed by atoms with Gasteiger partial charge >= 0.3 is 5.97 Å². The Hall–Kier alpha value is -0.870. The summed E-state index contributed by atoms with van der Waals surface area (Å²) in [4.78, 5) is 11.3. The van der Waals surface area contributed by atoms with Crippen molar-refractivity contribution in [2.45, 2.75) is 38.3 Å². The summed E-state index contributed by atoms with van der Waals surface area (Å²) in [6, 6.07) is 0. The van der Waals surface area contributed by atoms with Crippen LogP contribution in [-0.4, -0.2) is 36.4 Å². The first kappa shape index (κ1) is 14.1. The molecule has 0 aromatic carbocycles. The molecule has 0 aliphatic rings. The standard InChI is InChI=1S/C11H21NO3/c1-5-6-7-9(13)8-12-11(2,3)10(14)15-4/h5,9,12-13H,1,6-8H2,2-4H3. The van der Waals surface area contributed by atoms with Gasteiger partial charge in [0.15, 0.2) is 0 Å². The molecule has 0 aliphatic carbocycles. The number of aliphatic hydroxyl groups is 1. The lowest BCUT2D eigenvalue weighted by Gasteiger charge is -2.24. The minimum atomic E-state index is -0.760. The normalized spacial score (nSPS) is 13.3. The molecule has 88 valence electrons. The molecule has 0 spiro atoms. The summed E-state index contributed by atoms with van der Waals surface area (Å²) in [7, 11) is 1.35. The first-order chi connectivity index (χ1) is 6.94. The van der Waals surface area contributed by atoms with E-state index in [1.165, 1.54) is 7.11 Å². The second-order valence-electron chi connectivity index (χ2n) is 4.02. The minimum Gasteiger partial charge on any atom is -0.468 e. The van der Waals surface area contributed by atoms with Gasteiger partial charge in [0, 0.05) is 6.54 Å². The fourth-order valence-corrected chi connectivity index (χ4v) is 1.11. The summed E-state index contributed by atoms with van der Waals surface area (Å²) in [5.41, 5.74) is -0.760. The summed E-state index contributed by atoms with van der Waals surface area (Å²) in [5, 5.41) is 12.5. The molecule has 0 saturated heterocycles. The van der Waals surface area contributed by atoms with E-state index in [4.69, 9.17) is 0 Å². The van der Waals surface area contributed by atoms with Crippen molar-refractivity contribution < 1.29 is 14.6 Å². The van der Waals surface area contributed by atoms with Crippen LogP contribution in [-0.2, 0) is 9.53 Å². The summed E-state index contributed by atoms with van der Waals surface area (Å²) in [5.74, 6) is -0.335. The highest BCUT2D eigenvalue weighted by molar-refractivity contribution is 5.79. The van der Waals surface area contributed by atoms with E-state index in [9.17, 15) is 9.90 Å². The predicted molar refractivity (Wildman–Crippen MR) is 59.5 cm³/mol. The fourth-order valence-electron chi connectivity index (χ4n) is 1.11. The average molecular weight is 215 g/mol. The number of hydrogen-bond acceptors (Lipinski definition) is 4. The Bertz CT molecular complexity index is 214. The zero-order chi connectivity index (χ0) is 11.9. The maximum atomic E-state index is 11.3. The van der Waals surface area contributed by atoms with Crippen molar-refractivity contribution >= 4 is 5.97 Å². The SMILES string of the molecule is C=CCCC(O)CNC(C)(C)C(=O)OC. The highest BCUT2D eigenvalue weighted by atomic mass is 16.5. The van der Waals surface area contributed by atoms with E-state index >= 15 is 0 Å². The number of hydrogen-bond donors (Lipinski definition) is 2. The van der Waals surface area contributed by atoms with Gasteiger partial charge in [-0.3, -0.25) is 10.1 Å². The second kappa shape index (κ2) is 6.58. The number of esters is 1. The number of rotatable bonds is 7. The zero-order valence-corrected chi connectivity index (χ0v) is 9.75. The van der Waals surface area contributed by atoms with Crippen molar-refractivity contribution in [3.63, 3.8) is 0 Å². The molecule has 0 rings (SSSR count). The number of carbonyl (C=O) groups excluding carboxylic acids is 1. The summed E-state index contributed by atoms with van der Waals surface area (Å²) in [6.45, 7) is 7.39. The molecular formula is C11H21NO3. The molecule has 4 nitrogen and oxygen atoms in total. The van der Waals surface area contributed by atoms with Crippen LogP contribution < -0.4 is 5.32 Å². The van der Waals surface area contributed by atoms with Crippen LogP contribution in [0, 0.1) is 0 Å². The molecule has 0 aromatic rings. The molecule has 4 heteroatoms. The Morgan fingerprint density at radius 3 is 2.73 bits per heavy atom. The van der Waals surface area contributed by atoms with Crippen LogP contribution >= 0.6 is 0 Å². The third-order valence-electron chi connectivity index (χ3n) is 2.18. The Kier molecular flexibility index (Phi) is 6.20. The van der Waals surface area contributed by atoms with Crippen LogP contribution in [0.4, 0.5) is 0 Å². The molecule has 0 fully saturated rings. The molecule has 0 bridgehead atoms. The highest BCUT2D eigenvalue weighted by Gasteiger charge is 2.28. The molecule has 0 heterocycles. The third kappa shape index (κ3) is 5.54. The van der Waals surface area contributed by atoms with E-state index in [0.717, 1.165) is 6.42 Å². The number of carbonyl (C=O) groups is 1. The van der Waals surface area contributed by atoms with Crippen molar-refractivity contribution in [1.29, 1.82) is 0 Å². The third-order valence-corrected chi connectivity index (χ3v) is 2.18. The monoisotopic (exact) mass is 215 g/mol. The van der Waals surface area contributed by atoms with E-state index < -0.39 is 11.6 Å². The average Bonchev–Trinajstić information content (AvgIpc) is 2.22. The maximum Gasteiger partial charge on any atom is 0.325 e. The van der Waals surface area contributed by atoms with Crippen LogP contribution in [0.3, 0.4) is 0 Å². The lowest BCUT2D eigenvalue weighted by atomic mass is 10.1. The van der Waals surface area contributed by atoms with Crippen LogP contribution in [0.15, 0.2) is 12.7 Å². The van der Waals surface area contributed by atoms with Gasteiger partial charge < -0.3 is 9.84 Å². The first-order valence-electron chi connectivity index (χ1n) is 5.06. The molecule has 1 unspecified atom stereocenters. The summed E-state index contributed by atoms with van der Waals surface area (Å²) >= 11 is 0. The van der Waals surface area contributed by atoms with Crippen LogP contribution in [0.2, 0.25) is 0 Å². The maximum absolute atomic E-state index is 11.3. The predicted octanol–water partition coefficient (Wildman–Crippen LogP) is 0.855. The zero-order valence-electron chi connectivity index (χ0n) is 9.75. The molecule has 0 aliphatic heterocycles. The number of allylic oxidation sites excluding steroid dienone is 1. The topological polar surface area (TPSA) is 58.6 Å². The van der Waals surface area contributed by atoms with Crippen LogP contribution in [0.5, 0.6) is 0 Å². The van der Waals surface area contributed by atoms with Gasteiger partial charge in [0.05, 0.1) is 13.2 Å².